The molecule has 4 nitrogen and oxygen atoms in total. The van der Waals surface area contributed by atoms with Crippen molar-refractivity contribution >= 4 is 23.7 Å². The van der Waals surface area contributed by atoms with E-state index in [2.05, 4.69) is 6.58 Å². The van der Waals surface area contributed by atoms with E-state index in [-0.39, 0.29) is 28.5 Å². The minimum absolute atomic E-state index is 0.00483. The molecule has 5 unspecified atom stereocenters. The molecule has 0 aromatic carbocycles. The Balaban J connectivity index is 1.86. The van der Waals surface area contributed by atoms with Gasteiger partial charge in [0.2, 0.25) is 0 Å². The van der Waals surface area contributed by atoms with Crippen LogP contribution in [-0.2, 0) is 19.1 Å². The van der Waals surface area contributed by atoms with Crippen molar-refractivity contribution in [2.45, 2.75) is 42.5 Å². The topological polar surface area (TPSA) is 52.6 Å². The molecule has 0 amide bonds. The van der Waals surface area contributed by atoms with Crippen molar-refractivity contribution in [1.82, 2.24) is 0 Å². The van der Waals surface area contributed by atoms with E-state index in [0.29, 0.717) is 5.57 Å². The first-order chi connectivity index (χ1) is 7.93. The fourth-order valence-corrected chi connectivity index (χ4v) is 5.04. The molecule has 0 aromatic heterocycles. The number of hydrogen-bond donors (Lipinski definition) is 0. The van der Waals surface area contributed by atoms with Gasteiger partial charge in [-0.2, -0.15) is 0 Å². The summed E-state index contributed by atoms with van der Waals surface area (Å²) in [6, 6.07) is 0. The molecule has 0 spiro atoms. The van der Waals surface area contributed by atoms with Crippen LogP contribution in [0.4, 0.5) is 0 Å². The number of carbonyl (C=O) groups is 2. The van der Waals surface area contributed by atoms with Gasteiger partial charge in [-0.25, -0.2) is 4.79 Å². The Kier molecular flexibility index (Phi) is 2.15. The lowest BCUT2D eigenvalue weighted by Gasteiger charge is -2.32. The summed E-state index contributed by atoms with van der Waals surface area (Å²) in [6.07, 6.45) is 0.433. The van der Waals surface area contributed by atoms with Gasteiger partial charge in [0.05, 0.1) is 11.2 Å². The molecule has 0 aliphatic carbocycles. The van der Waals surface area contributed by atoms with Gasteiger partial charge < -0.3 is 9.47 Å². The summed E-state index contributed by atoms with van der Waals surface area (Å²) in [5.74, 6) is -0.542. The second-order valence-electron chi connectivity index (χ2n) is 5.15. The first kappa shape index (κ1) is 11.1. The molecular weight excluding hydrogens is 240 g/mol. The first-order valence-electron chi connectivity index (χ1n) is 5.68. The molecule has 17 heavy (non-hydrogen) atoms. The average Bonchev–Trinajstić information content (AvgIpc) is 2.81. The van der Waals surface area contributed by atoms with Crippen molar-refractivity contribution in [2.75, 3.05) is 0 Å². The van der Waals surface area contributed by atoms with E-state index in [1.54, 1.807) is 18.7 Å². The maximum absolute atomic E-state index is 11.7. The molecule has 3 heterocycles. The van der Waals surface area contributed by atoms with Gasteiger partial charge >= 0.3 is 11.9 Å². The summed E-state index contributed by atoms with van der Waals surface area (Å²) in [6.45, 7) is 7.06. The number of esters is 2. The highest BCUT2D eigenvalue weighted by molar-refractivity contribution is 8.01. The minimum atomic E-state index is -0.638. The van der Waals surface area contributed by atoms with Crippen molar-refractivity contribution in [3.05, 3.63) is 12.2 Å². The van der Waals surface area contributed by atoms with Crippen LogP contribution in [0.5, 0.6) is 0 Å². The van der Waals surface area contributed by atoms with Crippen LogP contribution in [0.15, 0.2) is 12.2 Å². The standard InChI is InChI=1S/C12H14O4S/c1-5(2)10(13)15-8-7-4-6-9(17-7)12(8,3)16-11(6)14/h6-9H,1,4H2,2-3H3. The number of rotatable bonds is 2. The number of ether oxygens (including phenoxy) is 2. The normalized spacial score (nSPS) is 45.9. The van der Waals surface area contributed by atoms with Gasteiger partial charge in [0, 0.05) is 10.8 Å². The third-order valence-electron chi connectivity index (χ3n) is 3.85. The molecule has 3 aliphatic rings. The Bertz CT molecular complexity index is 432. The van der Waals surface area contributed by atoms with Gasteiger partial charge in [0.15, 0.2) is 11.7 Å². The maximum Gasteiger partial charge on any atom is 0.333 e. The summed E-state index contributed by atoms with van der Waals surface area (Å²) in [5, 5.41) is 0.327. The van der Waals surface area contributed by atoms with E-state index >= 15 is 0 Å². The van der Waals surface area contributed by atoms with Crippen LogP contribution < -0.4 is 0 Å². The third kappa shape index (κ3) is 1.32. The molecule has 5 atom stereocenters. The highest BCUT2D eigenvalue weighted by Gasteiger charge is 2.71. The zero-order valence-electron chi connectivity index (χ0n) is 9.76. The molecule has 3 saturated heterocycles. The molecule has 0 radical (unpaired) electrons. The second kappa shape index (κ2) is 3.28. The lowest BCUT2D eigenvalue weighted by atomic mass is 9.80. The van der Waals surface area contributed by atoms with Gasteiger partial charge in [0.25, 0.3) is 0 Å². The quantitative estimate of drug-likeness (QED) is 0.549. The Morgan fingerprint density at radius 3 is 3.00 bits per heavy atom. The van der Waals surface area contributed by atoms with Crippen molar-refractivity contribution in [1.29, 1.82) is 0 Å². The predicted octanol–water partition coefficient (Wildman–Crippen LogP) is 1.29. The lowest BCUT2D eigenvalue weighted by molar-refractivity contribution is -0.167. The van der Waals surface area contributed by atoms with Crippen molar-refractivity contribution < 1.29 is 19.1 Å². The summed E-state index contributed by atoms with van der Waals surface area (Å²) in [4.78, 5) is 23.3. The van der Waals surface area contributed by atoms with E-state index in [9.17, 15) is 9.59 Å². The average molecular weight is 254 g/mol. The van der Waals surface area contributed by atoms with E-state index in [1.807, 2.05) is 6.92 Å². The van der Waals surface area contributed by atoms with Crippen molar-refractivity contribution in [3.63, 3.8) is 0 Å². The van der Waals surface area contributed by atoms with Crippen LogP contribution in [0.2, 0.25) is 0 Å². The van der Waals surface area contributed by atoms with Crippen LogP contribution in [0.3, 0.4) is 0 Å². The van der Waals surface area contributed by atoms with Crippen LogP contribution in [0.25, 0.3) is 0 Å². The third-order valence-corrected chi connectivity index (χ3v) is 5.73. The van der Waals surface area contributed by atoms with E-state index in [1.165, 1.54) is 0 Å². The number of hydrogen-bond acceptors (Lipinski definition) is 5. The van der Waals surface area contributed by atoms with E-state index < -0.39 is 11.6 Å². The second-order valence-corrected chi connectivity index (χ2v) is 6.53. The minimum Gasteiger partial charge on any atom is -0.454 e. The molecule has 0 saturated carbocycles. The predicted molar refractivity (Wildman–Crippen MR) is 62.5 cm³/mol. The highest BCUT2D eigenvalue weighted by Crippen LogP contribution is 2.61. The Morgan fingerprint density at radius 1 is 1.65 bits per heavy atom. The van der Waals surface area contributed by atoms with E-state index in [4.69, 9.17) is 9.47 Å². The molecule has 0 N–H and O–H groups in total. The summed E-state index contributed by atoms with van der Waals surface area (Å²) in [5.41, 5.74) is -0.261. The van der Waals surface area contributed by atoms with Crippen LogP contribution >= 0.6 is 11.8 Å². The molecule has 3 aliphatic heterocycles. The number of carbonyl (C=O) groups excluding carboxylic acids is 2. The van der Waals surface area contributed by atoms with Gasteiger partial charge in [-0.15, -0.1) is 11.8 Å². The zero-order chi connectivity index (χ0) is 12.4. The molecule has 3 rings (SSSR count). The SMILES string of the molecule is C=C(C)C(=O)OC1C2CC3C(=O)OC1(C)C3S2. The monoisotopic (exact) mass is 254 g/mol. The Labute approximate surface area is 104 Å². The molecule has 0 aromatic rings. The molecule has 3 fully saturated rings. The van der Waals surface area contributed by atoms with Crippen LogP contribution in [-0.4, -0.2) is 34.1 Å². The van der Waals surface area contributed by atoms with Crippen LogP contribution in [0, 0.1) is 5.92 Å². The fourth-order valence-electron chi connectivity index (χ4n) is 3.01. The fraction of sp³-hybridized carbons (Fsp3) is 0.667. The Morgan fingerprint density at radius 2 is 2.35 bits per heavy atom. The Hall–Kier alpha value is -0.970. The zero-order valence-corrected chi connectivity index (χ0v) is 10.6. The van der Waals surface area contributed by atoms with Crippen molar-refractivity contribution in [2.24, 2.45) is 5.92 Å². The van der Waals surface area contributed by atoms with Gasteiger partial charge in [-0.1, -0.05) is 6.58 Å². The number of thioether (sulfide) groups is 1. The number of fused-ring (bicyclic) bond motifs is 1. The molecule has 92 valence electrons. The molecule has 2 bridgehead atoms. The van der Waals surface area contributed by atoms with Gasteiger partial charge in [0.1, 0.15) is 0 Å². The van der Waals surface area contributed by atoms with Crippen LogP contribution in [0.1, 0.15) is 20.3 Å². The summed E-state index contributed by atoms with van der Waals surface area (Å²) >= 11 is 1.72. The summed E-state index contributed by atoms with van der Waals surface area (Å²) < 4.78 is 10.9. The van der Waals surface area contributed by atoms with E-state index in [0.717, 1.165) is 6.42 Å². The van der Waals surface area contributed by atoms with Gasteiger partial charge in [-0.3, -0.25) is 4.79 Å². The van der Waals surface area contributed by atoms with Crippen molar-refractivity contribution in [3.8, 4) is 0 Å². The maximum atomic E-state index is 11.7. The summed E-state index contributed by atoms with van der Waals surface area (Å²) in [7, 11) is 0. The molecule has 5 heteroatoms. The lowest BCUT2D eigenvalue weighted by Crippen LogP contribution is -2.49. The first-order valence-corrected chi connectivity index (χ1v) is 6.62. The van der Waals surface area contributed by atoms with Gasteiger partial charge in [-0.05, 0) is 20.3 Å². The largest absolute Gasteiger partial charge is 0.454 e. The molecular formula is C12H14O4S. The highest BCUT2D eigenvalue weighted by atomic mass is 32.2. The smallest absolute Gasteiger partial charge is 0.333 e.